The summed E-state index contributed by atoms with van der Waals surface area (Å²) < 4.78 is 26.9. The van der Waals surface area contributed by atoms with Crippen molar-refractivity contribution in [3.8, 4) is 45.8 Å². The summed E-state index contributed by atoms with van der Waals surface area (Å²) in [6, 6.07) is 4.12. The summed E-state index contributed by atoms with van der Waals surface area (Å²) in [5.41, 5.74) is -1.33. The molecule has 6 N–H and O–H groups in total. The van der Waals surface area contributed by atoms with E-state index in [1.165, 1.54) is 14.0 Å². The number of benzene rings is 2. The molecular formula is C24H24O13. The molecule has 1 saturated heterocycles. The molecule has 1 aromatic heterocycles. The predicted octanol–water partition coefficient (Wildman–Crippen LogP) is 1.07. The van der Waals surface area contributed by atoms with Crippen molar-refractivity contribution in [2.75, 3.05) is 7.11 Å². The third kappa shape index (κ3) is 4.67. The van der Waals surface area contributed by atoms with Crippen LogP contribution in [0, 0.1) is 0 Å². The van der Waals surface area contributed by atoms with Crippen molar-refractivity contribution in [2.45, 2.75) is 44.6 Å². The van der Waals surface area contributed by atoms with E-state index < -0.39 is 82.0 Å². The van der Waals surface area contributed by atoms with E-state index in [1.807, 2.05) is 0 Å². The number of aliphatic hydroxyl groups is 2. The number of fused-ring (bicyclic) bond motifs is 1. The first-order chi connectivity index (χ1) is 17.4. The summed E-state index contributed by atoms with van der Waals surface area (Å²) in [6.45, 7) is 2.56. The lowest BCUT2D eigenvalue weighted by molar-refractivity contribution is -0.272. The van der Waals surface area contributed by atoms with E-state index in [0.29, 0.717) is 0 Å². The summed E-state index contributed by atoms with van der Waals surface area (Å²) in [5, 5.41) is 61.4. The number of rotatable bonds is 5. The summed E-state index contributed by atoms with van der Waals surface area (Å²) in [7, 11) is 1.21. The van der Waals surface area contributed by atoms with E-state index in [-0.39, 0.29) is 16.9 Å². The summed E-state index contributed by atoms with van der Waals surface area (Å²) in [6.07, 6.45) is -7.37. The lowest BCUT2D eigenvalue weighted by Gasteiger charge is -2.40. The molecule has 1 fully saturated rings. The van der Waals surface area contributed by atoms with Gasteiger partial charge in [-0.15, -0.1) is 0 Å². The molecule has 0 bridgehead atoms. The molecule has 1 aliphatic rings. The van der Waals surface area contributed by atoms with Crippen LogP contribution in [0.5, 0.6) is 34.5 Å². The molecule has 1 aliphatic heterocycles. The van der Waals surface area contributed by atoms with Gasteiger partial charge in [-0.1, -0.05) is 0 Å². The molecule has 0 spiro atoms. The molecule has 0 amide bonds. The highest BCUT2D eigenvalue weighted by atomic mass is 16.7. The molecule has 5 atom stereocenters. The Morgan fingerprint density at radius 3 is 2.19 bits per heavy atom. The Morgan fingerprint density at radius 2 is 1.59 bits per heavy atom. The van der Waals surface area contributed by atoms with Crippen molar-refractivity contribution in [2.24, 2.45) is 0 Å². The van der Waals surface area contributed by atoms with Crippen LogP contribution in [0.2, 0.25) is 0 Å². The minimum absolute atomic E-state index is 0.0932. The maximum absolute atomic E-state index is 13.5. The van der Waals surface area contributed by atoms with Crippen molar-refractivity contribution in [1.82, 2.24) is 0 Å². The van der Waals surface area contributed by atoms with Gasteiger partial charge in [0.1, 0.15) is 34.7 Å². The lowest BCUT2D eigenvalue weighted by atomic mass is 9.99. The Kier molecular flexibility index (Phi) is 6.78. The number of carbonyl (C=O) groups is 1. The first kappa shape index (κ1) is 25.9. The van der Waals surface area contributed by atoms with Gasteiger partial charge in [0.2, 0.25) is 23.2 Å². The number of hydrogen-bond donors (Lipinski definition) is 6. The largest absolute Gasteiger partial charge is 0.508 e. The fourth-order valence-corrected chi connectivity index (χ4v) is 4.08. The van der Waals surface area contributed by atoms with E-state index in [9.17, 15) is 40.2 Å². The van der Waals surface area contributed by atoms with Gasteiger partial charge in [-0.25, -0.2) is 0 Å². The van der Waals surface area contributed by atoms with Crippen molar-refractivity contribution in [3.63, 3.8) is 0 Å². The molecule has 4 rings (SSSR count). The molecule has 13 heteroatoms. The highest BCUT2D eigenvalue weighted by molar-refractivity contribution is 5.88. The van der Waals surface area contributed by atoms with Crippen LogP contribution in [-0.4, -0.2) is 74.4 Å². The monoisotopic (exact) mass is 520 g/mol. The Hall–Kier alpha value is -4.20. The fourth-order valence-electron chi connectivity index (χ4n) is 4.08. The van der Waals surface area contributed by atoms with Gasteiger partial charge in [0.25, 0.3) is 0 Å². The van der Waals surface area contributed by atoms with Gasteiger partial charge >= 0.3 is 5.97 Å². The van der Waals surface area contributed by atoms with E-state index in [2.05, 4.69) is 0 Å². The van der Waals surface area contributed by atoms with Crippen molar-refractivity contribution >= 4 is 16.9 Å². The average Bonchev–Trinajstić information content (AvgIpc) is 2.80. The standard InChI is InChI=1S/C24H24O13/c1-8-20(35-9(2)25)18(31)19(32)24(34-8)37-23-17(30)16-12(27)6-11(26)7-15(16)36-21(23)10-4-13(28)22(33-3)14(29)5-10/h4-8,18-20,24,26-29,31-32H,1-3H3/t8?,18?,19-,20-,24-/m0/s1. The van der Waals surface area contributed by atoms with Crippen molar-refractivity contribution < 1.29 is 58.8 Å². The minimum Gasteiger partial charge on any atom is -0.508 e. The van der Waals surface area contributed by atoms with Crippen molar-refractivity contribution in [3.05, 3.63) is 34.5 Å². The van der Waals surface area contributed by atoms with Gasteiger partial charge in [0, 0.05) is 24.6 Å². The molecule has 0 radical (unpaired) electrons. The number of aliphatic hydroxyl groups excluding tert-OH is 2. The van der Waals surface area contributed by atoms with Gasteiger partial charge in [0.05, 0.1) is 13.2 Å². The minimum atomic E-state index is -1.81. The van der Waals surface area contributed by atoms with E-state index in [4.69, 9.17) is 23.4 Å². The zero-order valence-corrected chi connectivity index (χ0v) is 19.7. The maximum atomic E-state index is 13.5. The van der Waals surface area contributed by atoms with Crippen LogP contribution in [-0.2, 0) is 14.3 Å². The molecule has 0 aliphatic carbocycles. The zero-order valence-electron chi connectivity index (χ0n) is 19.7. The van der Waals surface area contributed by atoms with Gasteiger partial charge in [-0.05, 0) is 19.1 Å². The number of methoxy groups -OCH3 is 1. The smallest absolute Gasteiger partial charge is 0.303 e. The second-order valence-electron chi connectivity index (χ2n) is 8.36. The summed E-state index contributed by atoms with van der Waals surface area (Å²) >= 11 is 0. The Morgan fingerprint density at radius 1 is 0.946 bits per heavy atom. The topological polar surface area (TPSA) is 206 Å². The second kappa shape index (κ2) is 9.69. The van der Waals surface area contributed by atoms with Crippen LogP contribution in [0.15, 0.2) is 33.5 Å². The van der Waals surface area contributed by atoms with Crippen LogP contribution in [0.3, 0.4) is 0 Å². The fraction of sp³-hybridized carbons (Fsp3) is 0.333. The molecule has 2 unspecified atom stereocenters. The van der Waals surface area contributed by atoms with Crippen molar-refractivity contribution in [1.29, 1.82) is 0 Å². The van der Waals surface area contributed by atoms with Crippen LogP contribution < -0.4 is 14.9 Å². The van der Waals surface area contributed by atoms with Crippen LogP contribution in [0.25, 0.3) is 22.3 Å². The van der Waals surface area contributed by atoms with Gasteiger partial charge in [-0.2, -0.15) is 0 Å². The number of ether oxygens (including phenoxy) is 4. The zero-order chi connectivity index (χ0) is 27.2. The molecule has 2 aromatic carbocycles. The molecule has 37 heavy (non-hydrogen) atoms. The molecular weight excluding hydrogens is 496 g/mol. The molecule has 0 saturated carbocycles. The van der Waals surface area contributed by atoms with Crippen LogP contribution in [0.4, 0.5) is 0 Å². The van der Waals surface area contributed by atoms with Crippen LogP contribution >= 0.6 is 0 Å². The van der Waals surface area contributed by atoms with E-state index >= 15 is 0 Å². The highest BCUT2D eigenvalue weighted by Gasteiger charge is 2.46. The molecule has 3 aromatic rings. The average molecular weight is 520 g/mol. The third-order valence-corrected chi connectivity index (χ3v) is 5.75. The summed E-state index contributed by atoms with van der Waals surface area (Å²) in [4.78, 5) is 24.8. The quantitative estimate of drug-likeness (QED) is 0.261. The number of esters is 1. The third-order valence-electron chi connectivity index (χ3n) is 5.75. The second-order valence-corrected chi connectivity index (χ2v) is 8.36. The Balaban J connectivity index is 1.87. The number of carbonyl (C=O) groups excluding carboxylic acids is 1. The molecule has 13 nitrogen and oxygen atoms in total. The number of aromatic hydroxyl groups is 4. The van der Waals surface area contributed by atoms with E-state index in [0.717, 1.165) is 31.2 Å². The first-order valence-electron chi connectivity index (χ1n) is 10.9. The molecule has 2 heterocycles. The van der Waals surface area contributed by atoms with Crippen LogP contribution in [0.1, 0.15) is 13.8 Å². The molecule has 198 valence electrons. The Bertz CT molecular complexity index is 1390. The first-order valence-corrected chi connectivity index (χ1v) is 10.9. The summed E-state index contributed by atoms with van der Waals surface area (Å²) in [5.74, 6) is -4.12. The lowest BCUT2D eigenvalue weighted by Crippen LogP contribution is -2.59. The number of hydrogen-bond acceptors (Lipinski definition) is 13. The van der Waals surface area contributed by atoms with Gasteiger partial charge < -0.3 is 54.0 Å². The van der Waals surface area contributed by atoms with Gasteiger partial charge in [0.15, 0.2) is 23.4 Å². The van der Waals surface area contributed by atoms with Gasteiger partial charge in [-0.3, -0.25) is 9.59 Å². The maximum Gasteiger partial charge on any atom is 0.303 e. The van der Waals surface area contributed by atoms with E-state index in [1.54, 1.807) is 0 Å². The number of phenolic OH excluding ortho intramolecular Hbond substituents is 4. The SMILES string of the molecule is COc1c(O)cc(-c2oc3cc(O)cc(O)c3c(=O)c2O[C@@H]2OC(C)[C@H](OC(C)=O)C(O)[C@@H]2O)cc1O. The number of phenols is 4. The normalized spacial score (nSPS) is 23.5. The predicted molar refractivity (Wildman–Crippen MR) is 124 cm³/mol. The Labute approximate surface area is 208 Å². The highest BCUT2D eigenvalue weighted by Crippen LogP contribution is 2.43.